The highest BCUT2D eigenvalue weighted by atomic mass is 32.1. The second-order valence-electron chi connectivity index (χ2n) is 4.54. The van der Waals surface area contributed by atoms with Crippen LogP contribution in [0.5, 0.6) is 5.75 Å². The normalized spacial score (nSPS) is 10.9. The summed E-state index contributed by atoms with van der Waals surface area (Å²) in [5.41, 5.74) is 2.60. The Kier molecular flexibility index (Phi) is 4.87. The van der Waals surface area contributed by atoms with Gasteiger partial charge in [-0.2, -0.15) is 0 Å². The van der Waals surface area contributed by atoms with Crippen LogP contribution < -0.4 is 10.1 Å². The molecule has 0 aliphatic rings. The minimum absolute atomic E-state index is 0.245. The van der Waals surface area contributed by atoms with E-state index in [2.05, 4.69) is 24.1 Å². The average molecular weight is 280 g/mol. The van der Waals surface area contributed by atoms with E-state index in [1.807, 2.05) is 0 Å². The van der Waals surface area contributed by atoms with E-state index in [0.717, 1.165) is 10.4 Å². The number of hydrogen-bond acceptors (Lipinski definition) is 4. The number of benzene rings is 1. The molecule has 3 nitrogen and oxygen atoms in total. The van der Waals surface area contributed by atoms with Crippen molar-refractivity contribution in [2.24, 2.45) is 0 Å². The van der Waals surface area contributed by atoms with Crippen molar-refractivity contribution < 1.29 is 9.13 Å². The number of rotatable bonds is 6. The van der Waals surface area contributed by atoms with Crippen molar-refractivity contribution in [2.45, 2.75) is 33.0 Å². The number of halogens is 1. The van der Waals surface area contributed by atoms with Crippen LogP contribution in [-0.2, 0) is 13.2 Å². The molecule has 0 fully saturated rings. The third-order valence-corrected chi connectivity index (χ3v) is 3.33. The molecule has 0 bridgehead atoms. The Morgan fingerprint density at radius 1 is 1.42 bits per heavy atom. The maximum atomic E-state index is 13.3. The smallest absolute Gasteiger partial charge is 0.124 e. The van der Waals surface area contributed by atoms with Gasteiger partial charge in [-0.3, -0.25) is 4.98 Å². The molecule has 0 saturated carbocycles. The van der Waals surface area contributed by atoms with E-state index >= 15 is 0 Å². The predicted octanol–water partition coefficient (Wildman–Crippen LogP) is 3.36. The van der Waals surface area contributed by atoms with Crippen LogP contribution in [-0.4, -0.2) is 11.0 Å². The molecular formula is C14H17FN2OS. The first-order valence-electron chi connectivity index (χ1n) is 6.17. The molecule has 1 aromatic carbocycles. The number of ether oxygens (including phenoxy) is 1. The molecule has 1 N–H and O–H groups in total. The molecule has 0 unspecified atom stereocenters. The Bertz CT molecular complexity index is 514. The maximum absolute atomic E-state index is 13.3. The van der Waals surface area contributed by atoms with Gasteiger partial charge in [0, 0.05) is 24.3 Å². The van der Waals surface area contributed by atoms with Gasteiger partial charge in [-0.25, -0.2) is 4.39 Å². The summed E-state index contributed by atoms with van der Waals surface area (Å²) >= 11 is 1.54. The van der Waals surface area contributed by atoms with E-state index in [4.69, 9.17) is 4.74 Å². The summed E-state index contributed by atoms with van der Waals surface area (Å²) in [6.45, 7) is 5.16. The highest BCUT2D eigenvalue weighted by Gasteiger charge is 2.07. The van der Waals surface area contributed by atoms with Crippen LogP contribution in [0.2, 0.25) is 0 Å². The highest BCUT2D eigenvalue weighted by Crippen LogP contribution is 2.21. The van der Waals surface area contributed by atoms with Gasteiger partial charge >= 0.3 is 0 Å². The Morgan fingerprint density at radius 3 is 2.95 bits per heavy atom. The van der Waals surface area contributed by atoms with Gasteiger partial charge in [0.1, 0.15) is 18.2 Å². The fourth-order valence-corrected chi connectivity index (χ4v) is 2.11. The number of thiazole rings is 1. The molecule has 0 spiro atoms. The predicted molar refractivity (Wildman–Crippen MR) is 74.8 cm³/mol. The molecule has 0 atom stereocenters. The molecule has 0 aliphatic heterocycles. The van der Waals surface area contributed by atoms with Gasteiger partial charge in [0.15, 0.2) is 0 Å². The quantitative estimate of drug-likeness (QED) is 0.881. The fraction of sp³-hybridized carbons (Fsp3) is 0.357. The Balaban J connectivity index is 2.05. The lowest BCUT2D eigenvalue weighted by Crippen LogP contribution is -2.22. The van der Waals surface area contributed by atoms with Crippen molar-refractivity contribution in [3.63, 3.8) is 0 Å². The van der Waals surface area contributed by atoms with Crippen molar-refractivity contribution in [3.05, 3.63) is 46.2 Å². The first kappa shape index (κ1) is 14.0. The second kappa shape index (κ2) is 6.63. The molecule has 102 valence electrons. The second-order valence-corrected chi connectivity index (χ2v) is 5.51. The molecule has 2 aromatic rings. The van der Waals surface area contributed by atoms with Gasteiger partial charge in [-0.15, -0.1) is 11.3 Å². The van der Waals surface area contributed by atoms with Gasteiger partial charge < -0.3 is 10.1 Å². The van der Waals surface area contributed by atoms with Gasteiger partial charge in [0.05, 0.1) is 10.4 Å². The summed E-state index contributed by atoms with van der Waals surface area (Å²) in [4.78, 5) is 5.04. The zero-order valence-corrected chi connectivity index (χ0v) is 11.8. The summed E-state index contributed by atoms with van der Waals surface area (Å²) in [5, 5.41) is 3.27. The van der Waals surface area contributed by atoms with Gasteiger partial charge in [0.2, 0.25) is 0 Å². The largest absolute Gasteiger partial charge is 0.488 e. The first-order valence-corrected chi connectivity index (χ1v) is 7.05. The summed E-state index contributed by atoms with van der Waals surface area (Å²) in [6, 6.07) is 4.95. The Labute approximate surface area is 116 Å². The van der Waals surface area contributed by atoms with Crippen LogP contribution in [0.4, 0.5) is 4.39 Å². The van der Waals surface area contributed by atoms with E-state index in [1.54, 1.807) is 29.1 Å². The summed E-state index contributed by atoms with van der Waals surface area (Å²) < 4.78 is 19.0. The summed E-state index contributed by atoms with van der Waals surface area (Å²) in [7, 11) is 0. The van der Waals surface area contributed by atoms with E-state index in [9.17, 15) is 4.39 Å². The van der Waals surface area contributed by atoms with Crippen molar-refractivity contribution >= 4 is 11.3 Å². The van der Waals surface area contributed by atoms with Crippen molar-refractivity contribution in [3.8, 4) is 5.75 Å². The molecule has 0 saturated heterocycles. The van der Waals surface area contributed by atoms with Gasteiger partial charge in [0.25, 0.3) is 0 Å². The van der Waals surface area contributed by atoms with Gasteiger partial charge in [-0.05, 0) is 18.2 Å². The average Bonchev–Trinajstić information content (AvgIpc) is 2.88. The molecule has 1 heterocycles. The van der Waals surface area contributed by atoms with E-state index < -0.39 is 0 Å². The standard InChI is InChI=1S/C14H17FN2OS/c1-10(2)17-6-11-5-12(15)3-4-14(11)18-8-13-7-16-9-19-13/h3-5,7,9-10,17H,6,8H2,1-2H3. The molecule has 5 heteroatoms. The van der Waals surface area contributed by atoms with Crippen LogP contribution in [0.25, 0.3) is 0 Å². The van der Waals surface area contributed by atoms with Crippen molar-refractivity contribution in [1.82, 2.24) is 10.3 Å². The molecular weight excluding hydrogens is 263 g/mol. The molecule has 0 radical (unpaired) electrons. The number of nitrogens with zero attached hydrogens (tertiary/aromatic N) is 1. The highest BCUT2D eigenvalue weighted by molar-refractivity contribution is 7.09. The van der Waals surface area contributed by atoms with Crippen molar-refractivity contribution in [2.75, 3.05) is 0 Å². The van der Waals surface area contributed by atoms with Crippen LogP contribution in [0.15, 0.2) is 29.9 Å². The van der Waals surface area contributed by atoms with E-state index in [0.29, 0.717) is 24.9 Å². The number of hydrogen-bond donors (Lipinski definition) is 1. The fourth-order valence-electron chi connectivity index (χ4n) is 1.60. The van der Waals surface area contributed by atoms with Crippen molar-refractivity contribution in [1.29, 1.82) is 0 Å². The molecule has 2 rings (SSSR count). The SMILES string of the molecule is CC(C)NCc1cc(F)ccc1OCc1cncs1. The monoisotopic (exact) mass is 280 g/mol. The Hall–Kier alpha value is -1.46. The lowest BCUT2D eigenvalue weighted by molar-refractivity contribution is 0.304. The number of nitrogens with one attached hydrogen (secondary N) is 1. The minimum atomic E-state index is -0.245. The summed E-state index contributed by atoms with van der Waals surface area (Å²) in [5.74, 6) is 0.466. The van der Waals surface area contributed by atoms with Crippen LogP contribution in [0.3, 0.4) is 0 Å². The van der Waals surface area contributed by atoms with Crippen LogP contribution in [0, 0.1) is 5.82 Å². The molecule has 19 heavy (non-hydrogen) atoms. The zero-order valence-electron chi connectivity index (χ0n) is 11.0. The minimum Gasteiger partial charge on any atom is -0.488 e. The third-order valence-electron chi connectivity index (χ3n) is 2.58. The topological polar surface area (TPSA) is 34.1 Å². The lowest BCUT2D eigenvalue weighted by Gasteiger charge is -2.13. The van der Waals surface area contributed by atoms with E-state index in [1.165, 1.54) is 12.1 Å². The van der Waals surface area contributed by atoms with E-state index in [-0.39, 0.29) is 5.82 Å². The molecule has 1 aromatic heterocycles. The lowest BCUT2D eigenvalue weighted by atomic mass is 10.2. The first-order chi connectivity index (χ1) is 9.15. The number of aromatic nitrogens is 1. The third kappa shape index (κ3) is 4.29. The van der Waals surface area contributed by atoms with Crippen LogP contribution in [0.1, 0.15) is 24.3 Å². The van der Waals surface area contributed by atoms with Gasteiger partial charge in [-0.1, -0.05) is 13.8 Å². The van der Waals surface area contributed by atoms with Crippen LogP contribution >= 0.6 is 11.3 Å². The molecule has 0 amide bonds. The summed E-state index contributed by atoms with van der Waals surface area (Å²) in [6.07, 6.45) is 1.78. The molecule has 0 aliphatic carbocycles. The Morgan fingerprint density at radius 2 is 2.26 bits per heavy atom. The zero-order chi connectivity index (χ0) is 13.7. The maximum Gasteiger partial charge on any atom is 0.124 e.